The van der Waals surface area contributed by atoms with Gasteiger partial charge >= 0.3 is 6.03 Å². The molecule has 1 aliphatic heterocycles. The molecular formula is C19H20N4O4S. The number of imide groups is 1. The summed E-state index contributed by atoms with van der Waals surface area (Å²) in [5, 5.41) is 7.86. The molecule has 3 rings (SSSR count). The van der Waals surface area contributed by atoms with Crippen LogP contribution in [0.4, 0.5) is 4.79 Å². The average molecular weight is 400 g/mol. The number of carbonyl (C=O) groups excluding carboxylic acids is 4. The Morgan fingerprint density at radius 2 is 1.89 bits per heavy atom. The van der Waals surface area contributed by atoms with Gasteiger partial charge in [0.05, 0.1) is 12.5 Å². The molecule has 2 unspecified atom stereocenters. The number of benzene rings is 1. The van der Waals surface area contributed by atoms with Gasteiger partial charge < -0.3 is 10.6 Å². The second kappa shape index (κ2) is 7.81. The molecule has 1 fully saturated rings. The Hall–Kier alpha value is -3.20. The number of amides is 5. The van der Waals surface area contributed by atoms with Crippen molar-refractivity contribution in [1.82, 2.24) is 21.1 Å². The quantitative estimate of drug-likeness (QED) is 0.643. The maximum Gasteiger partial charge on any atom is 0.344 e. The summed E-state index contributed by atoms with van der Waals surface area (Å²) >= 11 is 1.40. The molecular weight excluding hydrogens is 380 g/mol. The molecule has 1 saturated heterocycles. The van der Waals surface area contributed by atoms with Gasteiger partial charge in [-0.05, 0) is 23.9 Å². The fourth-order valence-electron chi connectivity index (χ4n) is 3.02. The van der Waals surface area contributed by atoms with Crippen LogP contribution in [-0.4, -0.2) is 28.8 Å². The Morgan fingerprint density at radius 1 is 1.18 bits per heavy atom. The lowest BCUT2D eigenvalue weighted by molar-refractivity contribution is -0.139. The molecule has 0 aliphatic carbocycles. The van der Waals surface area contributed by atoms with E-state index in [9.17, 15) is 19.2 Å². The summed E-state index contributed by atoms with van der Waals surface area (Å²) in [4.78, 5) is 49.9. The van der Waals surface area contributed by atoms with E-state index in [4.69, 9.17) is 0 Å². The lowest BCUT2D eigenvalue weighted by Crippen LogP contribution is -2.48. The Balaban J connectivity index is 1.72. The summed E-state index contributed by atoms with van der Waals surface area (Å²) in [6.07, 6.45) is -0.112. The van der Waals surface area contributed by atoms with Crippen LogP contribution in [0.25, 0.3) is 0 Å². The van der Waals surface area contributed by atoms with Crippen LogP contribution in [0.15, 0.2) is 47.8 Å². The summed E-state index contributed by atoms with van der Waals surface area (Å²) in [5.74, 6) is -1.42. The Morgan fingerprint density at radius 3 is 2.50 bits per heavy atom. The van der Waals surface area contributed by atoms with Crippen LogP contribution in [0, 0.1) is 0 Å². The first-order chi connectivity index (χ1) is 13.3. The highest BCUT2D eigenvalue weighted by Crippen LogP contribution is 2.28. The third-order valence-corrected chi connectivity index (χ3v) is 5.42. The molecule has 1 aromatic heterocycles. The molecule has 2 heterocycles. The van der Waals surface area contributed by atoms with Gasteiger partial charge in [0.1, 0.15) is 5.54 Å². The van der Waals surface area contributed by atoms with E-state index in [2.05, 4.69) is 16.1 Å². The van der Waals surface area contributed by atoms with Crippen molar-refractivity contribution in [3.63, 3.8) is 0 Å². The van der Waals surface area contributed by atoms with Crippen LogP contribution in [0.2, 0.25) is 0 Å². The van der Waals surface area contributed by atoms with Gasteiger partial charge in [-0.25, -0.2) is 4.79 Å². The molecule has 9 heteroatoms. The van der Waals surface area contributed by atoms with Gasteiger partial charge in [0.15, 0.2) is 0 Å². The number of nitrogens with zero attached hydrogens (tertiary/aromatic N) is 1. The second-order valence-electron chi connectivity index (χ2n) is 6.57. The van der Waals surface area contributed by atoms with Crippen LogP contribution >= 0.6 is 11.3 Å². The molecule has 1 aliphatic rings. The zero-order chi connectivity index (χ0) is 20.3. The number of urea groups is 1. The molecule has 8 nitrogen and oxygen atoms in total. The van der Waals surface area contributed by atoms with Crippen LogP contribution < -0.4 is 16.1 Å². The molecule has 0 radical (unpaired) electrons. The van der Waals surface area contributed by atoms with Gasteiger partial charge in [0.25, 0.3) is 5.91 Å². The van der Waals surface area contributed by atoms with E-state index >= 15 is 0 Å². The van der Waals surface area contributed by atoms with Gasteiger partial charge in [-0.3, -0.25) is 19.8 Å². The van der Waals surface area contributed by atoms with Crippen molar-refractivity contribution < 1.29 is 19.2 Å². The fourth-order valence-corrected chi connectivity index (χ4v) is 3.80. The van der Waals surface area contributed by atoms with Crippen LogP contribution in [0.3, 0.4) is 0 Å². The molecule has 146 valence electrons. The van der Waals surface area contributed by atoms with Crippen LogP contribution in [0.1, 0.15) is 36.8 Å². The zero-order valence-corrected chi connectivity index (χ0v) is 16.2. The summed E-state index contributed by atoms with van der Waals surface area (Å²) in [6, 6.07) is 11.2. The van der Waals surface area contributed by atoms with E-state index in [1.165, 1.54) is 18.3 Å². The minimum atomic E-state index is -1.27. The fraction of sp³-hybridized carbons (Fsp3) is 0.263. The molecule has 0 saturated carbocycles. The van der Waals surface area contributed by atoms with Crippen LogP contribution in [-0.2, 0) is 19.9 Å². The number of hydrogen-bond donors (Lipinski definition) is 3. The number of thiophene rings is 1. The van der Waals surface area contributed by atoms with Crippen molar-refractivity contribution in [3.8, 4) is 0 Å². The number of hydrogen-bond acceptors (Lipinski definition) is 5. The van der Waals surface area contributed by atoms with Gasteiger partial charge in [-0.1, -0.05) is 36.4 Å². The first kappa shape index (κ1) is 19.6. The topological polar surface area (TPSA) is 108 Å². The molecule has 3 N–H and O–H groups in total. The molecule has 2 atom stereocenters. The SMILES string of the molecule is CC(=O)NC(CC(=O)NN1C(=O)NC(C)(c2ccccc2)C1=O)c1cccs1. The molecule has 2 aromatic rings. The average Bonchev–Trinajstić information content (AvgIpc) is 3.26. The van der Waals surface area contributed by atoms with Crippen LogP contribution in [0.5, 0.6) is 0 Å². The lowest BCUT2D eigenvalue weighted by atomic mass is 9.92. The number of carbonyl (C=O) groups is 4. The van der Waals surface area contributed by atoms with E-state index in [0.29, 0.717) is 10.6 Å². The van der Waals surface area contributed by atoms with E-state index in [1.54, 1.807) is 43.3 Å². The molecule has 1 aromatic carbocycles. The number of nitrogens with one attached hydrogen (secondary N) is 3. The van der Waals surface area contributed by atoms with Crippen molar-refractivity contribution in [2.75, 3.05) is 0 Å². The number of rotatable bonds is 6. The Bertz CT molecular complexity index is 900. The van der Waals surface area contributed by atoms with Crippen molar-refractivity contribution in [1.29, 1.82) is 0 Å². The maximum atomic E-state index is 12.8. The monoisotopic (exact) mass is 400 g/mol. The second-order valence-corrected chi connectivity index (χ2v) is 7.55. The summed E-state index contributed by atoms with van der Waals surface area (Å²) in [7, 11) is 0. The van der Waals surface area contributed by atoms with Crippen molar-refractivity contribution in [2.24, 2.45) is 0 Å². The van der Waals surface area contributed by atoms with Gasteiger partial charge in [0, 0.05) is 11.8 Å². The highest BCUT2D eigenvalue weighted by molar-refractivity contribution is 7.10. The Kier molecular flexibility index (Phi) is 5.46. The minimum absolute atomic E-state index is 0.112. The highest BCUT2D eigenvalue weighted by atomic mass is 32.1. The first-order valence-corrected chi connectivity index (χ1v) is 9.51. The first-order valence-electron chi connectivity index (χ1n) is 8.63. The summed E-state index contributed by atoms with van der Waals surface area (Å²) in [5.41, 5.74) is 1.70. The van der Waals surface area contributed by atoms with Gasteiger partial charge in [-0.15, -0.1) is 11.3 Å². The third kappa shape index (κ3) is 3.89. The number of hydrazine groups is 1. The lowest BCUT2D eigenvalue weighted by Gasteiger charge is -2.22. The van der Waals surface area contributed by atoms with Gasteiger partial charge in [-0.2, -0.15) is 5.01 Å². The Labute approximate surface area is 165 Å². The largest absolute Gasteiger partial charge is 0.348 e. The summed E-state index contributed by atoms with van der Waals surface area (Å²) in [6.45, 7) is 2.95. The van der Waals surface area contributed by atoms with Crippen molar-refractivity contribution in [3.05, 3.63) is 58.3 Å². The van der Waals surface area contributed by atoms with E-state index in [1.807, 2.05) is 11.4 Å². The van der Waals surface area contributed by atoms with E-state index in [-0.39, 0.29) is 12.3 Å². The third-order valence-electron chi connectivity index (χ3n) is 4.43. The minimum Gasteiger partial charge on any atom is -0.348 e. The van der Waals surface area contributed by atoms with Crippen molar-refractivity contribution >= 4 is 35.1 Å². The van der Waals surface area contributed by atoms with E-state index < -0.39 is 29.4 Å². The smallest absolute Gasteiger partial charge is 0.344 e. The molecule has 0 bridgehead atoms. The molecule has 5 amide bonds. The molecule has 28 heavy (non-hydrogen) atoms. The highest BCUT2D eigenvalue weighted by Gasteiger charge is 2.50. The zero-order valence-electron chi connectivity index (χ0n) is 15.4. The normalized spacial score (nSPS) is 19.9. The van der Waals surface area contributed by atoms with Gasteiger partial charge in [0.2, 0.25) is 11.8 Å². The predicted molar refractivity (Wildman–Crippen MR) is 103 cm³/mol. The maximum absolute atomic E-state index is 12.8. The molecule has 0 spiro atoms. The van der Waals surface area contributed by atoms with E-state index in [0.717, 1.165) is 4.88 Å². The standard InChI is InChI=1S/C19H20N4O4S/c1-12(24)20-14(15-9-6-10-28-15)11-16(25)22-23-17(26)19(2,21-18(23)27)13-7-4-3-5-8-13/h3-10,14H,11H2,1-2H3,(H,20,24)(H,21,27)(H,22,25). The summed E-state index contributed by atoms with van der Waals surface area (Å²) < 4.78 is 0. The van der Waals surface area contributed by atoms with Crippen molar-refractivity contribution in [2.45, 2.75) is 31.8 Å². The predicted octanol–water partition coefficient (Wildman–Crippen LogP) is 1.81.